The van der Waals surface area contributed by atoms with E-state index in [4.69, 9.17) is 0 Å². The lowest BCUT2D eigenvalue weighted by atomic mass is 10.1. The Balaban J connectivity index is 2.78. The van der Waals surface area contributed by atoms with Crippen LogP contribution in [0.15, 0.2) is 18.2 Å². The quantitative estimate of drug-likeness (QED) is 0.681. The second-order valence-electron chi connectivity index (χ2n) is 3.67. The van der Waals surface area contributed by atoms with Gasteiger partial charge in [0.1, 0.15) is 6.29 Å². The van der Waals surface area contributed by atoms with Crippen molar-refractivity contribution in [1.82, 2.24) is 0 Å². The molecule has 0 N–H and O–H groups in total. The van der Waals surface area contributed by atoms with E-state index in [0.29, 0.717) is 6.42 Å². The van der Waals surface area contributed by atoms with Crippen molar-refractivity contribution in [2.75, 3.05) is 18.5 Å². The molecule has 0 amide bonds. The lowest BCUT2D eigenvalue weighted by Gasteiger charge is -2.20. The summed E-state index contributed by atoms with van der Waals surface area (Å²) in [5.41, 5.74) is 3.74. The van der Waals surface area contributed by atoms with Crippen molar-refractivity contribution in [1.29, 1.82) is 0 Å². The van der Waals surface area contributed by atoms with E-state index < -0.39 is 0 Å². The summed E-state index contributed by atoms with van der Waals surface area (Å²) in [6, 6.07) is 6.36. The van der Waals surface area contributed by atoms with E-state index in [9.17, 15) is 4.79 Å². The van der Waals surface area contributed by atoms with Gasteiger partial charge in [0.05, 0.1) is 0 Å². The molecule has 0 saturated carbocycles. The molecule has 1 aromatic rings. The van der Waals surface area contributed by atoms with Crippen molar-refractivity contribution in [3.8, 4) is 0 Å². The van der Waals surface area contributed by atoms with Crippen molar-refractivity contribution in [3.05, 3.63) is 29.3 Å². The normalized spacial score (nSPS) is 9.93. The third-order valence-corrected chi connectivity index (χ3v) is 2.35. The van der Waals surface area contributed by atoms with Gasteiger partial charge < -0.3 is 9.69 Å². The third kappa shape index (κ3) is 2.59. The summed E-state index contributed by atoms with van der Waals surface area (Å²) in [5.74, 6) is 0. The van der Waals surface area contributed by atoms with E-state index in [1.807, 2.05) is 7.05 Å². The summed E-state index contributed by atoms with van der Waals surface area (Å²) < 4.78 is 0. The van der Waals surface area contributed by atoms with E-state index in [0.717, 1.165) is 12.8 Å². The van der Waals surface area contributed by atoms with Crippen molar-refractivity contribution < 1.29 is 4.79 Å². The van der Waals surface area contributed by atoms with Crippen LogP contribution in [0, 0.1) is 13.8 Å². The van der Waals surface area contributed by atoms with Gasteiger partial charge in [-0.1, -0.05) is 17.7 Å². The molecule has 0 aliphatic carbocycles. The molecule has 0 spiro atoms. The molecule has 2 nitrogen and oxygen atoms in total. The fraction of sp³-hybridized carbons (Fsp3) is 0.417. The number of carbonyl (C=O) groups excluding carboxylic acids is 1. The molecule has 0 fully saturated rings. The van der Waals surface area contributed by atoms with Crippen LogP contribution in [0.25, 0.3) is 0 Å². The molecule has 0 atom stereocenters. The van der Waals surface area contributed by atoms with Crippen LogP contribution in [0.1, 0.15) is 17.5 Å². The summed E-state index contributed by atoms with van der Waals surface area (Å²) in [6.07, 6.45) is 1.55. The summed E-state index contributed by atoms with van der Waals surface area (Å²) >= 11 is 0. The first-order valence-electron chi connectivity index (χ1n) is 4.87. The van der Waals surface area contributed by atoms with Gasteiger partial charge in [0, 0.05) is 25.7 Å². The van der Waals surface area contributed by atoms with Crippen LogP contribution >= 0.6 is 0 Å². The predicted octanol–water partition coefficient (Wildman–Crippen LogP) is 2.33. The Morgan fingerprint density at radius 3 is 2.64 bits per heavy atom. The van der Waals surface area contributed by atoms with Gasteiger partial charge in [0.15, 0.2) is 0 Å². The minimum atomic E-state index is 0.587. The molecule has 0 saturated heterocycles. The molecule has 0 radical (unpaired) electrons. The maximum atomic E-state index is 10.3. The number of aldehydes is 1. The number of hydrogen-bond acceptors (Lipinski definition) is 2. The van der Waals surface area contributed by atoms with Gasteiger partial charge >= 0.3 is 0 Å². The number of anilines is 1. The lowest BCUT2D eigenvalue weighted by Crippen LogP contribution is -2.19. The Bertz CT molecular complexity index is 320. The molecule has 0 aliphatic rings. The highest BCUT2D eigenvalue weighted by Crippen LogP contribution is 2.19. The van der Waals surface area contributed by atoms with Crippen LogP contribution in [0.5, 0.6) is 0 Å². The molecule has 0 aromatic heterocycles. The van der Waals surface area contributed by atoms with Gasteiger partial charge in [-0.15, -0.1) is 0 Å². The highest BCUT2D eigenvalue weighted by Gasteiger charge is 2.03. The smallest absolute Gasteiger partial charge is 0.121 e. The van der Waals surface area contributed by atoms with E-state index >= 15 is 0 Å². The molecule has 0 heterocycles. The first kappa shape index (κ1) is 10.8. The molecular formula is C12H17NO. The van der Waals surface area contributed by atoms with Gasteiger partial charge in [-0.05, 0) is 25.5 Å². The molecule has 14 heavy (non-hydrogen) atoms. The van der Waals surface area contributed by atoms with E-state index in [-0.39, 0.29) is 0 Å². The maximum Gasteiger partial charge on any atom is 0.121 e. The van der Waals surface area contributed by atoms with Gasteiger partial charge in [-0.3, -0.25) is 0 Å². The van der Waals surface area contributed by atoms with Crippen molar-refractivity contribution in [3.63, 3.8) is 0 Å². The Hall–Kier alpha value is -1.31. The number of benzene rings is 1. The molecule has 0 unspecified atom stereocenters. The summed E-state index contributed by atoms with van der Waals surface area (Å²) in [5, 5.41) is 0. The van der Waals surface area contributed by atoms with Crippen LogP contribution < -0.4 is 4.90 Å². The summed E-state index contributed by atoms with van der Waals surface area (Å²) in [7, 11) is 2.02. The zero-order chi connectivity index (χ0) is 10.6. The summed E-state index contributed by atoms with van der Waals surface area (Å²) in [4.78, 5) is 12.4. The highest BCUT2D eigenvalue weighted by atomic mass is 16.1. The average molecular weight is 191 g/mol. The van der Waals surface area contributed by atoms with E-state index in [1.165, 1.54) is 16.8 Å². The Morgan fingerprint density at radius 2 is 2.07 bits per heavy atom. The molecule has 1 aromatic carbocycles. The molecule has 1 rings (SSSR count). The van der Waals surface area contributed by atoms with Crippen LogP contribution in [-0.2, 0) is 4.79 Å². The number of nitrogens with zero attached hydrogens (tertiary/aromatic N) is 1. The maximum absolute atomic E-state index is 10.3. The van der Waals surface area contributed by atoms with Crippen molar-refractivity contribution in [2.24, 2.45) is 0 Å². The first-order valence-corrected chi connectivity index (χ1v) is 4.87. The monoisotopic (exact) mass is 191 g/mol. The second-order valence-corrected chi connectivity index (χ2v) is 3.67. The fourth-order valence-electron chi connectivity index (χ4n) is 1.60. The molecule has 76 valence electrons. The molecular weight excluding hydrogens is 174 g/mol. The first-order chi connectivity index (χ1) is 6.65. The predicted molar refractivity (Wildman–Crippen MR) is 59.9 cm³/mol. The van der Waals surface area contributed by atoms with Gasteiger partial charge in [0.25, 0.3) is 0 Å². The van der Waals surface area contributed by atoms with Crippen molar-refractivity contribution >= 4 is 12.0 Å². The molecule has 0 aliphatic heterocycles. The number of hydrogen-bond donors (Lipinski definition) is 0. The topological polar surface area (TPSA) is 20.3 Å². The molecule has 2 heteroatoms. The minimum Gasteiger partial charge on any atom is -0.374 e. The average Bonchev–Trinajstić information content (AvgIpc) is 2.14. The van der Waals surface area contributed by atoms with Crippen LogP contribution in [0.4, 0.5) is 5.69 Å². The minimum absolute atomic E-state index is 0.587. The van der Waals surface area contributed by atoms with Crippen LogP contribution in [0.3, 0.4) is 0 Å². The van der Waals surface area contributed by atoms with Crippen LogP contribution in [0.2, 0.25) is 0 Å². The fourth-order valence-corrected chi connectivity index (χ4v) is 1.60. The van der Waals surface area contributed by atoms with Gasteiger partial charge in [0.2, 0.25) is 0 Å². The number of aryl methyl sites for hydroxylation is 2. The van der Waals surface area contributed by atoms with Crippen molar-refractivity contribution in [2.45, 2.75) is 20.3 Å². The zero-order valence-electron chi connectivity index (χ0n) is 9.08. The summed E-state index contributed by atoms with van der Waals surface area (Å²) in [6.45, 7) is 4.97. The Morgan fingerprint density at radius 1 is 1.36 bits per heavy atom. The van der Waals surface area contributed by atoms with E-state index in [2.05, 4.69) is 36.9 Å². The zero-order valence-corrected chi connectivity index (χ0v) is 9.08. The number of carbonyl (C=O) groups is 1. The SMILES string of the molecule is Cc1ccc(N(C)CCC=O)c(C)c1. The van der Waals surface area contributed by atoms with Crippen LogP contribution in [-0.4, -0.2) is 19.9 Å². The third-order valence-electron chi connectivity index (χ3n) is 2.35. The Labute approximate surface area is 85.5 Å². The van der Waals surface area contributed by atoms with Gasteiger partial charge in [-0.25, -0.2) is 0 Å². The largest absolute Gasteiger partial charge is 0.374 e. The molecule has 0 bridgehead atoms. The second kappa shape index (κ2) is 4.80. The number of rotatable bonds is 4. The standard InChI is InChI=1S/C12H17NO/c1-10-5-6-12(11(2)9-10)13(3)7-4-8-14/h5-6,8-9H,4,7H2,1-3H3. The van der Waals surface area contributed by atoms with Gasteiger partial charge in [-0.2, -0.15) is 0 Å². The Kier molecular flexibility index (Phi) is 3.69. The lowest BCUT2D eigenvalue weighted by molar-refractivity contribution is -0.107. The highest BCUT2D eigenvalue weighted by molar-refractivity contribution is 5.56. The van der Waals surface area contributed by atoms with E-state index in [1.54, 1.807) is 0 Å².